The smallest absolute Gasteiger partial charge is 0.171 e. The molecule has 5 heteroatoms. The quantitative estimate of drug-likeness (QED) is 0.921. The van der Waals surface area contributed by atoms with Gasteiger partial charge in [0.05, 0.1) is 5.69 Å². The number of halogens is 1. The third-order valence-electron chi connectivity index (χ3n) is 2.97. The predicted molar refractivity (Wildman–Crippen MR) is 71.9 cm³/mol. The molecule has 1 N–H and O–H groups in total. The molecule has 102 valence electrons. The number of aryl methyl sites for hydroxylation is 2. The summed E-state index contributed by atoms with van der Waals surface area (Å²) in [6, 6.07) is 4.70. The molecule has 0 saturated carbocycles. The van der Waals surface area contributed by atoms with Gasteiger partial charge >= 0.3 is 0 Å². The Labute approximate surface area is 112 Å². The average Bonchev–Trinajstić information content (AvgIpc) is 2.56. The number of aromatic nitrogens is 2. The lowest BCUT2D eigenvalue weighted by Crippen LogP contribution is -2.05. The molecule has 0 aliphatic carbocycles. The standard InChI is InChI=1S/C14H18FN3O/c1-9-14(10(2)18(4)17-9)19-13-6-11(8-16-3)5-12(15)7-13/h5-7,16H,8H2,1-4H3. The number of rotatable bonds is 4. The highest BCUT2D eigenvalue weighted by molar-refractivity contribution is 5.39. The van der Waals surface area contributed by atoms with Crippen molar-refractivity contribution in [1.82, 2.24) is 15.1 Å². The highest BCUT2D eigenvalue weighted by Crippen LogP contribution is 2.29. The summed E-state index contributed by atoms with van der Waals surface area (Å²) in [7, 11) is 3.67. The first-order valence-corrected chi connectivity index (χ1v) is 6.13. The summed E-state index contributed by atoms with van der Waals surface area (Å²) in [5.74, 6) is 0.870. The van der Waals surface area contributed by atoms with Gasteiger partial charge in [0.1, 0.15) is 17.3 Å². The lowest BCUT2D eigenvalue weighted by Gasteiger charge is -2.08. The van der Waals surface area contributed by atoms with Crippen LogP contribution in [0.4, 0.5) is 4.39 Å². The van der Waals surface area contributed by atoms with Gasteiger partial charge in [-0.3, -0.25) is 4.68 Å². The fourth-order valence-electron chi connectivity index (χ4n) is 2.01. The Bertz CT molecular complexity index is 593. The number of ether oxygens (including phenoxy) is 1. The topological polar surface area (TPSA) is 39.1 Å². The molecule has 0 aliphatic heterocycles. The van der Waals surface area contributed by atoms with Gasteiger partial charge < -0.3 is 10.1 Å². The highest BCUT2D eigenvalue weighted by atomic mass is 19.1. The Kier molecular flexibility index (Phi) is 3.85. The van der Waals surface area contributed by atoms with E-state index in [9.17, 15) is 4.39 Å². The Morgan fingerprint density at radius 2 is 2.05 bits per heavy atom. The Hall–Kier alpha value is -1.88. The maximum absolute atomic E-state index is 13.5. The van der Waals surface area contributed by atoms with Crippen LogP contribution in [-0.2, 0) is 13.6 Å². The maximum atomic E-state index is 13.5. The first-order chi connectivity index (χ1) is 9.01. The molecule has 0 saturated heterocycles. The predicted octanol–water partition coefficient (Wildman–Crippen LogP) is 2.69. The molecule has 2 aromatic rings. The van der Waals surface area contributed by atoms with Crippen LogP contribution < -0.4 is 10.1 Å². The van der Waals surface area contributed by atoms with E-state index in [0.717, 1.165) is 17.0 Å². The Morgan fingerprint density at radius 3 is 2.63 bits per heavy atom. The molecule has 4 nitrogen and oxygen atoms in total. The lowest BCUT2D eigenvalue weighted by atomic mass is 10.2. The third-order valence-corrected chi connectivity index (χ3v) is 2.97. The second-order valence-electron chi connectivity index (χ2n) is 4.55. The zero-order valence-electron chi connectivity index (χ0n) is 11.6. The molecule has 0 fully saturated rings. The van der Waals surface area contributed by atoms with Crippen molar-refractivity contribution in [3.8, 4) is 11.5 Å². The molecule has 1 aromatic heterocycles. The van der Waals surface area contributed by atoms with E-state index < -0.39 is 0 Å². The fourth-order valence-corrected chi connectivity index (χ4v) is 2.01. The van der Waals surface area contributed by atoms with E-state index in [4.69, 9.17) is 4.74 Å². The van der Waals surface area contributed by atoms with Gasteiger partial charge in [-0.15, -0.1) is 0 Å². The van der Waals surface area contributed by atoms with E-state index >= 15 is 0 Å². The van der Waals surface area contributed by atoms with Gasteiger partial charge in [0.15, 0.2) is 5.75 Å². The van der Waals surface area contributed by atoms with Gasteiger partial charge in [-0.25, -0.2) is 4.39 Å². The average molecular weight is 263 g/mol. The van der Waals surface area contributed by atoms with Crippen LogP contribution in [0.1, 0.15) is 17.0 Å². The summed E-state index contributed by atoms with van der Waals surface area (Å²) in [6.07, 6.45) is 0. The summed E-state index contributed by atoms with van der Waals surface area (Å²) < 4.78 is 21.1. The number of hydrogen-bond acceptors (Lipinski definition) is 3. The van der Waals surface area contributed by atoms with Crippen LogP contribution in [0.3, 0.4) is 0 Å². The van der Waals surface area contributed by atoms with Gasteiger partial charge in [0, 0.05) is 19.7 Å². The first-order valence-electron chi connectivity index (χ1n) is 6.13. The lowest BCUT2D eigenvalue weighted by molar-refractivity contribution is 0.467. The van der Waals surface area contributed by atoms with Crippen molar-refractivity contribution in [2.75, 3.05) is 7.05 Å². The largest absolute Gasteiger partial charge is 0.453 e. The van der Waals surface area contributed by atoms with Crippen molar-refractivity contribution in [2.45, 2.75) is 20.4 Å². The maximum Gasteiger partial charge on any atom is 0.171 e. The number of hydrogen-bond donors (Lipinski definition) is 1. The molecule has 0 spiro atoms. The number of nitrogens with zero attached hydrogens (tertiary/aromatic N) is 2. The molecule has 0 aliphatic rings. The summed E-state index contributed by atoms with van der Waals surface area (Å²) in [4.78, 5) is 0. The van der Waals surface area contributed by atoms with Crippen molar-refractivity contribution in [1.29, 1.82) is 0 Å². The van der Waals surface area contributed by atoms with Crippen molar-refractivity contribution < 1.29 is 9.13 Å². The minimum Gasteiger partial charge on any atom is -0.453 e. The van der Waals surface area contributed by atoms with Gasteiger partial charge in [0.25, 0.3) is 0 Å². The summed E-state index contributed by atoms with van der Waals surface area (Å²) in [5.41, 5.74) is 2.55. The second kappa shape index (κ2) is 5.40. The molecule has 0 amide bonds. The van der Waals surface area contributed by atoms with Crippen LogP contribution in [0.5, 0.6) is 11.5 Å². The third kappa shape index (κ3) is 2.93. The van der Waals surface area contributed by atoms with E-state index in [0.29, 0.717) is 18.0 Å². The summed E-state index contributed by atoms with van der Waals surface area (Å²) in [6.45, 7) is 4.39. The highest BCUT2D eigenvalue weighted by Gasteiger charge is 2.12. The van der Waals surface area contributed by atoms with Crippen LogP contribution in [0.15, 0.2) is 18.2 Å². The van der Waals surface area contributed by atoms with E-state index in [1.165, 1.54) is 12.1 Å². The molecule has 0 radical (unpaired) electrons. The molecule has 1 heterocycles. The van der Waals surface area contributed by atoms with E-state index in [1.807, 2.05) is 34.0 Å². The Balaban J connectivity index is 2.32. The second-order valence-corrected chi connectivity index (χ2v) is 4.55. The van der Waals surface area contributed by atoms with Gasteiger partial charge in [0.2, 0.25) is 0 Å². The molecule has 19 heavy (non-hydrogen) atoms. The monoisotopic (exact) mass is 263 g/mol. The van der Waals surface area contributed by atoms with Crippen LogP contribution in [0.2, 0.25) is 0 Å². The van der Waals surface area contributed by atoms with Crippen molar-refractivity contribution in [2.24, 2.45) is 7.05 Å². The molecule has 0 bridgehead atoms. The van der Waals surface area contributed by atoms with Crippen molar-refractivity contribution >= 4 is 0 Å². The minimum absolute atomic E-state index is 0.304. The van der Waals surface area contributed by atoms with Crippen LogP contribution in [0.25, 0.3) is 0 Å². The zero-order valence-corrected chi connectivity index (χ0v) is 11.6. The normalized spacial score (nSPS) is 10.8. The zero-order chi connectivity index (χ0) is 14.0. The molecule has 2 rings (SSSR count). The van der Waals surface area contributed by atoms with E-state index in [-0.39, 0.29) is 5.82 Å². The first kappa shape index (κ1) is 13.5. The van der Waals surface area contributed by atoms with Crippen molar-refractivity contribution in [3.05, 3.63) is 41.0 Å². The van der Waals surface area contributed by atoms with E-state index in [2.05, 4.69) is 10.4 Å². The molecular weight excluding hydrogens is 245 g/mol. The van der Waals surface area contributed by atoms with Crippen LogP contribution >= 0.6 is 0 Å². The van der Waals surface area contributed by atoms with Gasteiger partial charge in [-0.2, -0.15) is 5.10 Å². The minimum atomic E-state index is -0.304. The van der Waals surface area contributed by atoms with Crippen LogP contribution in [-0.4, -0.2) is 16.8 Å². The molecular formula is C14H18FN3O. The summed E-state index contributed by atoms with van der Waals surface area (Å²) in [5, 5.41) is 7.26. The van der Waals surface area contributed by atoms with Gasteiger partial charge in [-0.1, -0.05) is 0 Å². The van der Waals surface area contributed by atoms with Crippen LogP contribution in [0, 0.1) is 19.7 Å². The van der Waals surface area contributed by atoms with E-state index in [1.54, 1.807) is 4.68 Å². The van der Waals surface area contributed by atoms with Crippen molar-refractivity contribution in [3.63, 3.8) is 0 Å². The summed E-state index contributed by atoms with van der Waals surface area (Å²) >= 11 is 0. The molecule has 0 unspecified atom stereocenters. The molecule has 1 aromatic carbocycles. The number of nitrogens with one attached hydrogen (secondary N) is 1. The molecule has 0 atom stereocenters. The Morgan fingerprint density at radius 1 is 1.32 bits per heavy atom. The fraction of sp³-hybridized carbons (Fsp3) is 0.357. The number of benzene rings is 1. The van der Waals surface area contributed by atoms with Gasteiger partial charge in [-0.05, 0) is 38.6 Å². The SMILES string of the molecule is CNCc1cc(F)cc(Oc2c(C)nn(C)c2C)c1.